The molecule has 0 bridgehead atoms. The van der Waals surface area contributed by atoms with Gasteiger partial charge < -0.3 is 4.74 Å². The predicted octanol–water partition coefficient (Wildman–Crippen LogP) is 2.85. The maximum atomic E-state index is 5.68. The second-order valence-corrected chi connectivity index (χ2v) is 5.09. The second-order valence-electron chi connectivity index (χ2n) is 5.09. The zero-order valence-corrected chi connectivity index (χ0v) is 8.47. The number of rotatable bonds is 1. The zero-order chi connectivity index (χ0) is 8.77. The summed E-state index contributed by atoms with van der Waals surface area (Å²) < 4.78 is 5.68. The van der Waals surface area contributed by atoms with E-state index in [-0.39, 0.29) is 0 Å². The van der Waals surface area contributed by atoms with Gasteiger partial charge in [-0.1, -0.05) is 27.2 Å². The summed E-state index contributed by atoms with van der Waals surface area (Å²) in [6.07, 6.45) is 4.11. The van der Waals surface area contributed by atoms with E-state index in [0.29, 0.717) is 5.60 Å². The molecule has 1 nitrogen and oxygen atoms in total. The molecule has 12 heavy (non-hydrogen) atoms. The number of hydrogen-bond acceptors (Lipinski definition) is 1. The van der Waals surface area contributed by atoms with Crippen molar-refractivity contribution in [1.82, 2.24) is 0 Å². The molecule has 1 saturated carbocycles. The lowest BCUT2D eigenvalue weighted by atomic mass is 9.70. The minimum Gasteiger partial charge on any atom is -0.369 e. The highest BCUT2D eigenvalue weighted by molar-refractivity contribution is 5.02. The first-order valence-electron chi connectivity index (χ1n) is 5.28. The zero-order valence-electron chi connectivity index (χ0n) is 8.47. The van der Waals surface area contributed by atoms with Crippen molar-refractivity contribution in [2.75, 3.05) is 6.61 Å². The van der Waals surface area contributed by atoms with E-state index in [1.54, 1.807) is 0 Å². The Morgan fingerprint density at radius 1 is 1.33 bits per heavy atom. The number of hydrogen-bond donors (Lipinski definition) is 0. The first-order chi connectivity index (χ1) is 5.64. The smallest absolute Gasteiger partial charge is 0.0949 e. The Labute approximate surface area is 75.5 Å². The van der Waals surface area contributed by atoms with Gasteiger partial charge in [0.05, 0.1) is 12.2 Å². The highest BCUT2D eigenvalue weighted by Crippen LogP contribution is 2.50. The Morgan fingerprint density at radius 3 is 2.50 bits per heavy atom. The van der Waals surface area contributed by atoms with Crippen LogP contribution in [0.2, 0.25) is 0 Å². The summed E-state index contributed by atoms with van der Waals surface area (Å²) in [5.41, 5.74) is 0.339. The van der Waals surface area contributed by atoms with Gasteiger partial charge in [-0.3, -0.25) is 0 Å². The van der Waals surface area contributed by atoms with Crippen molar-refractivity contribution < 1.29 is 4.74 Å². The third kappa shape index (κ3) is 1.28. The molecule has 3 atom stereocenters. The van der Waals surface area contributed by atoms with Gasteiger partial charge in [0, 0.05) is 0 Å². The van der Waals surface area contributed by atoms with Crippen molar-refractivity contribution >= 4 is 0 Å². The monoisotopic (exact) mass is 168 g/mol. The molecule has 0 aromatic heterocycles. The predicted molar refractivity (Wildman–Crippen MR) is 50.0 cm³/mol. The SMILES string of the molecule is CC(C)[C@@H]1CC[C@H](C)CC12CO2. The third-order valence-electron chi connectivity index (χ3n) is 3.66. The van der Waals surface area contributed by atoms with Crippen LogP contribution in [0.1, 0.15) is 40.0 Å². The van der Waals surface area contributed by atoms with Crippen molar-refractivity contribution in [1.29, 1.82) is 0 Å². The second kappa shape index (κ2) is 2.73. The summed E-state index contributed by atoms with van der Waals surface area (Å²) in [6.45, 7) is 8.08. The lowest BCUT2D eigenvalue weighted by molar-refractivity contribution is 0.0953. The van der Waals surface area contributed by atoms with E-state index >= 15 is 0 Å². The Hall–Kier alpha value is -0.0400. The minimum absolute atomic E-state index is 0.339. The largest absolute Gasteiger partial charge is 0.369 e. The first-order valence-corrected chi connectivity index (χ1v) is 5.28. The minimum atomic E-state index is 0.339. The standard InChI is InChI=1S/C11H20O/c1-8(2)10-5-4-9(3)6-11(10)7-12-11/h8-10H,4-7H2,1-3H3/t9-,10-,11?/m0/s1. The van der Waals surface area contributed by atoms with Crippen LogP contribution in [0.4, 0.5) is 0 Å². The lowest BCUT2D eigenvalue weighted by Crippen LogP contribution is -2.35. The summed E-state index contributed by atoms with van der Waals surface area (Å²) >= 11 is 0. The van der Waals surface area contributed by atoms with Crippen LogP contribution in [0.15, 0.2) is 0 Å². The fourth-order valence-corrected chi connectivity index (χ4v) is 2.94. The molecule has 1 heteroatoms. The molecular formula is C11H20O. The van der Waals surface area contributed by atoms with E-state index in [2.05, 4.69) is 20.8 Å². The highest BCUT2D eigenvalue weighted by atomic mass is 16.6. The topological polar surface area (TPSA) is 12.5 Å². The molecule has 0 radical (unpaired) electrons. The van der Waals surface area contributed by atoms with Crippen molar-refractivity contribution in [3.8, 4) is 0 Å². The van der Waals surface area contributed by atoms with Gasteiger partial charge in [-0.15, -0.1) is 0 Å². The molecule has 0 aromatic rings. The molecule has 1 aliphatic heterocycles. The van der Waals surface area contributed by atoms with E-state index in [1.165, 1.54) is 19.3 Å². The highest BCUT2D eigenvalue weighted by Gasteiger charge is 2.54. The van der Waals surface area contributed by atoms with E-state index < -0.39 is 0 Å². The fourth-order valence-electron chi connectivity index (χ4n) is 2.94. The molecule has 1 unspecified atom stereocenters. The van der Waals surface area contributed by atoms with E-state index in [9.17, 15) is 0 Å². The first kappa shape index (κ1) is 8.55. The summed E-state index contributed by atoms with van der Waals surface area (Å²) in [6, 6.07) is 0. The fraction of sp³-hybridized carbons (Fsp3) is 1.00. The molecular weight excluding hydrogens is 148 g/mol. The van der Waals surface area contributed by atoms with Crippen molar-refractivity contribution in [3.05, 3.63) is 0 Å². The van der Waals surface area contributed by atoms with Gasteiger partial charge in [-0.25, -0.2) is 0 Å². The molecule has 0 aromatic carbocycles. The Bertz CT molecular complexity index is 170. The van der Waals surface area contributed by atoms with Crippen LogP contribution >= 0.6 is 0 Å². The van der Waals surface area contributed by atoms with Gasteiger partial charge in [0.25, 0.3) is 0 Å². The Kier molecular flexibility index (Phi) is 1.95. The van der Waals surface area contributed by atoms with Crippen molar-refractivity contribution in [3.63, 3.8) is 0 Å². The average Bonchev–Trinajstić information content (AvgIpc) is 2.68. The van der Waals surface area contributed by atoms with Crippen LogP contribution in [0.25, 0.3) is 0 Å². The molecule has 2 fully saturated rings. The maximum absolute atomic E-state index is 5.68. The molecule has 0 amide bonds. The Morgan fingerprint density at radius 2 is 2.00 bits per heavy atom. The number of epoxide rings is 1. The average molecular weight is 168 g/mol. The molecule has 1 saturated heterocycles. The van der Waals surface area contributed by atoms with Crippen LogP contribution < -0.4 is 0 Å². The lowest BCUT2D eigenvalue weighted by Gasteiger charge is -2.35. The summed E-state index contributed by atoms with van der Waals surface area (Å²) in [4.78, 5) is 0. The van der Waals surface area contributed by atoms with Gasteiger partial charge >= 0.3 is 0 Å². The molecule has 2 aliphatic rings. The van der Waals surface area contributed by atoms with Crippen LogP contribution in [-0.4, -0.2) is 12.2 Å². The quantitative estimate of drug-likeness (QED) is 0.548. The van der Waals surface area contributed by atoms with E-state index in [0.717, 1.165) is 24.4 Å². The molecule has 1 spiro atoms. The molecule has 2 rings (SSSR count). The van der Waals surface area contributed by atoms with E-state index in [4.69, 9.17) is 4.74 Å². The summed E-state index contributed by atoms with van der Waals surface area (Å²) in [5, 5.41) is 0. The molecule has 1 aliphatic carbocycles. The van der Waals surface area contributed by atoms with Gasteiger partial charge in [0.1, 0.15) is 0 Å². The molecule has 1 heterocycles. The summed E-state index contributed by atoms with van der Waals surface area (Å²) in [5.74, 6) is 2.54. The van der Waals surface area contributed by atoms with Gasteiger partial charge in [-0.05, 0) is 30.6 Å². The van der Waals surface area contributed by atoms with Crippen LogP contribution in [0.3, 0.4) is 0 Å². The normalized spacial score (nSPS) is 47.0. The Balaban J connectivity index is 2.05. The summed E-state index contributed by atoms with van der Waals surface area (Å²) in [7, 11) is 0. The van der Waals surface area contributed by atoms with Crippen molar-refractivity contribution in [2.45, 2.75) is 45.6 Å². The van der Waals surface area contributed by atoms with E-state index in [1.807, 2.05) is 0 Å². The van der Waals surface area contributed by atoms with Crippen LogP contribution in [0.5, 0.6) is 0 Å². The third-order valence-corrected chi connectivity index (χ3v) is 3.66. The van der Waals surface area contributed by atoms with Gasteiger partial charge in [0.15, 0.2) is 0 Å². The maximum Gasteiger partial charge on any atom is 0.0949 e. The molecule has 0 N–H and O–H groups in total. The number of ether oxygens (including phenoxy) is 1. The van der Waals surface area contributed by atoms with Crippen LogP contribution in [-0.2, 0) is 4.74 Å². The van der Waals surface area contributed by atoms with Gasteiger partial charge in [0.2, 0.25) is 0 Å². The van der Waals surface area contributed by atoms with Crippen LogP contribution in [0, 0.1) is 17.8 Å². The molecule has 70 valence electrons. The van der Waals surface area contributed by atoms with Crippen molar-refractivity contribution in [2.24, 2.45) is 17.8 Å². The van der Waals surface area contributed by atoms with Gasteiger partial charge in [-0.2, -0.15) is 0 Å².